The van der Waals surface area contributed by atoms with Gasteiger partial charge in [0, 0.05) is 0 Å². The summed E-state index contributed by atoms with van der Waals surface area (Å²) in [6.45, 7) is 1.58. The standard InChI is InChI=1S/C4H6IN3O2S/c1-4(5)11(9,10)8-3-6-2-7-8/h2-4H,1H3. The van der Waals surface area contributed by atoms with Crippen LogP contribution in [0, 0.1) is 0 Å². The molecule has 0 aliphatic heterocycles. The van der Waals surface area contributed by atoms with Crippen molar-refractivity contribution in [3.63, 3.8) is 0 Å². The highest BCUT2D eigenvalue weighted by molar-refractivity contribution is 14.1. The smallest absolute Gasteiger partial charge is 0.222 e. The molecule has 1 heterocycles. The number of rotatable bonds is 2. The van der Waals surface area contributed by atoms with E-state index in [0.717, 1.165) is 4.09 Å². The Labute approximate surface area is 78.0 Å². The highest BCUT2D eigenvalue weighted by Crippen LogP contribution is 2.09. The first-order chi connectivity index (χ1) is 5.05. The van der Waals surface area contributed by atoms with E-state index in [1.165, 1.54) is 12.7 Å². The van der Waals surface area contributed by atoms with Gasteiger partial charge >= 0.3 is 0 Å². The van der Waals surface area contributed by atoms with Crippen molar-refractivity contribution >= 4 is 32.6 Å². The van der Waals surface area contributed by atoms with Crippen molar-refractivity contribution in [2.75, 3.05) is 0 Å². The van der Waals surface area contributed by atoms with Gasteiger partial charge in [0.05, 0.1) is 0 Å². The van der Waals surface area contributed by atoms with Gasteiger partial charge in [0.25, 0.3) is 10.0 Å². The lowest BCUT2D eigenvalue weighted by molar-refractivity contribution is 0.580. The van der Waals surface area contributed by atoms with Crippen LogP contribution in [-0.2, 0) is 10.0 Å². The molecule has 0 saturated heterocycles. The summed E-state index contributed by atoms with van der Waals surface area (Å²) < 4.78 is 22.9. The van der Waals surface area contributed by atoms with Crippen LogP contribution < -0.4 is 0 Å². The average molecular weight is 287 g/mol. The predicted octanol–water partition coefficient (Wildman–Crippen LogP) is 0.237. The largest absolute Gasteiger partial charge is 0.267 e. The van der Waals surface area contributed by atoms with E-state index in [1.54, 1.807) is 6.92 Å². The van der Waals surface area contributed by atoms with E-state index in [2.05, 4.69) is 10.1 Å². The van der Waals surface area contributed by atoms with Crippen molar-refractivity contribution in [3.05, 3.63) is 12.7 Å². The molecular formula is C4H6IN3O2S. The van der Waals surface area contributed by atoms with Crippen LogP contribution >= 0.6 is 22.6 Å². The molecule has 0 amide bonds. The third-order valence-electron chi connectivity index (χ3n) is 1.07. The molecule has 0 fully saturated rings. The molecule has 11 heavy (non-hydrogen) atoms. The summed E-state index contributed by atoms with van der Waals surface area (Å²) in [7, 11) is -3.30. The van der Waals surface area contributed by atoms with E-state index < -0.39 is 13.3 Å². The molecule has 1 atom stereocenters. The third kappa shape index (κ3) is 1.70. The molecule has 62 valence electrons. The second-order valence-electron chi connectivity index (χ2n) is 1.86. The molecule has 0 aliphatic carbocycles. The lowest BCUT2D eigenvalue weighted by atomic mass is 11.0. The van der Waals surface area contributed by atoms with Crippen LogP contribution in [0.4, 0.5) is 0 Å². The van der Waals surface area contributed by atoms with Crippen LogP contribution in [0.25, 0.3) is 0 Å². The molecule has 7 heteroatoms. The van der Waals surface area contributed by atoms with E-state index in [0.29, 0.717) is 0 Å². The third-order valence-corrected chi connectivity index (χ3v) is 4.53. The van der Waals surface area contributed by atoms with Gasteiger partial charge in [-0.05, 0) is 6.92 Å². The zero-order valence-corrected chi connectivity index (χ0v) is 8.65. The molecule has 0 bridgehead atoms. The van der Waals surface area contributed by atoms with E-state index in [9.17, 15) is 8.42 Å². The molecule has 0 N–H and O–H groups in total. The van der Waals surface area contributed by atoms with Gasteiger partial charge in [0.2, 0.25) is 0 Å². The molecule has 0 spiro atoms. The van der Waals surface area contributed by atoms with E-state index in [-0.39, 0.29) is 0 Å². The molecule has 5 nitrogen and oxygen atoms in total. The van der Waals surface area contributed by atoms with E-state index >= 15 is 0 Å². The highest BCUT2D eigenvalue weighted by Gasteiger charge is 2.19. The normalized spacial score (nSPS) is 14.7. The minimum atomic E-state index is -3.30. The molecule has 0 aromatic carbocycles. The van der Waals surface area contributed by atoms with Crippen LogP contribution in [0.3, 0.4) is 0 Å². The lowest BCUT2D eigenvalue weighted by Gasteiger charge is -2.03. The van der Waals surface area contributed by atoms with Gasteiger partial charge in [-0.3, -0.25) is 0 Å². The zero-order chi connectivity index (χ0) is 8.48. The van der Waals surface area contributed by atoms with Crippen LogP contribution in [0.2, 0.25) is 0 Å². The number of alkyl halides is 1. The van der Waals surface area contributed by atoms with Gasteiger partial charge in [-0.25, -0.2) is 13.4 Å². The molecule has 1 rings (SSSR count). The fraction of sp³-hybridized carbons (Fsp3) is 0.500. The van der Waals surface area contributed by atoms with Crippen LogP contribution in [0.1, 0.15) is 6.92 Å². The Morgan fingerprint density at radius 1 is 1.64 bits per heavy atom. The lowest BCUT2D eigenvalue weighted by Crippen LogP contribution is -2.20. The summed E-state index contributed by atoms with van der Waals surface area (Å²) in [4.78, 5) is 3.54. The second-order valence-corrected chi connectivity index (χ2v) is 6.68. The van der Waals surface area contributed by atoms with Crippen molar-refractivity contribution in [1.82, 2.24) is 14.2 Å². The fourth-order valence-electron chi connectivity index (χ4n) is 0.478. The molecule has 0 saturated carbocycles. The van der Waals surface area contributed by atoms with Crippen molar-refractivity contribution in [2.45, 2.75) is 10.2 Å². The Kier molecular flexibility index (Phi) is 2.47. The minimum absolute atomic E-state index is 0.498. The molecule has 0 radical (unpaired) electrons. The molecule has 1 aromatic rings. The summed E-state index contributed by atoms with van der Waals surface area (Å²) in [6, 6.07) is 0. The number of aromatic nitrogens is 3. The summed E-state index contributed by atoms with van der Waals surface area (Å²) in [5, 5.41) is 3.52. The number of nitrogens with zero attached hydrogens (tertiary/aromatic N) is 3. The Hall–Kier alpha value is -0.180. The van der Waals surface area contributed by atoms with Crippen LogP contribution in [0.15, 0.2) is 12.7 Å². The first-order valence-electron chi connectivity index (χ1n) is 2.78. The molecular weight excluding hydrogens is 281 g/mol. The zero-order valence-electron chi connectivity index (χ0n) is 5.68. The highest BCUT2D eigenvalue weighted by atomic mass is 127. The second kappa shape index (κ2) is 3.05. The summed E-state index contributed by atoms with van der Waals surface area (Å²) in [5.41, 5.74) is 0. The average Bonchev–Trinajstić information content (AvgIpc) is 2.37. The van der Waals surface area contributed by atoms with Gasteiger partial charge in [-0.2, -0.15) is 0 Å². The Bertz CT molecular complexity index is 317. The quantitative estimate of drug-likeness (QED) is 0.577. The summed E-state index contributed by atoms with van der Waals surface area (Å²) in [6.07, 6.45) is 2.36. The molecule has 1 unspecified atom stereocenters. The van der Waals surface area contributed by atoms with Crippen molar-refractivity contribution < 1.29 is 8.42 Å². The van der Waals surface area contributed by atoms with Gasteiger partial charge in [0.15, 0.2) is 0 Å². The topological polar surface area (TPSA) is 64.8 Å². The summed E-state index contributed by atoms with van der Waals surface area (Å²) >= 11 is 1.81. The maximum absolute atomic E-state index is 11.2. The maximum Gasteiger partial charge on any atom is 0.267 e. The first kappa shape index (κ1) is 8.91. The minimum Gasteiger partial charge on any atom is -0.222 e. The Morgan fingerprint density at radius 3 is 2.64 bits per heavy atom. The maximum atomic E-state index is 11.2. The molecule has 1 aromatic heterocycles. The van der Waals surface area contributed by atoms with Crippen molar-refractivity contribution in [3.8, 4) is 0 Å². The Balaban J connectivity index is 3.12. The fourth-order valence-corrected chi connectivity index (χ4v) is 1.83. The van der Waals surface area contributed by atoms with Gasteiger partial charge in [-0.1, -0.05) is 22.6 Å². The molecule has 0 aliphatic rings. The van der Waals surface area contributed by atoms with Crippen molar-refractivity contribution in [1.29, 1.82) is 0 Å². The Morgan fingerprint density at radius 2 is 2.27 bits per heavy atom. The number of halogens is 1. The number of hydrogen-bond donors (Lipinski definition) is 0. The van der Waals surface area contributed by atoms with Gasteiger partial charge in [-0.15, -0.1) is 9.19 Å². The van der Waals surface area contributed by atoms with E-state index in [1.807, 2.05) is 22.6 Å². The van der Waals surface area contributed by atoms with Crippen LogP contribution in [-0.4, -0.2) is 25.8 Å². The van der Waals surface area contributed by atoms with Crippen LogP contribution in [0.5, 0.6) is 0 Å². The predicted molar refractivity (Wildman–Crippen MR) is 47.8 cm³/mol. The van der Waals surface area contributed by atoms with E-state index in [4.69, 9.17) is 0 Å². The summed E-state index contributed by atoms with van der Waals surface area (Å²) in [5.74, 6) is 0. The monoisotopic (exact) mass is 287 g/mol. The number of hydrogen-bond acceptors (Lipinski definition) is 4. The first-order valence-corrected chi connectivity index (χ1v) is 5.53. The SMILES string of the molecule is CC(I)S(=O)(=O)n1cncn1. The van der Waals surface area contributed by atoms with Gasteiger partial charge < -0.3 is 0 Å². The van der Waals surface area contributed by atoms with Crippen molar-refractivity contribution in [2.24, 2.45) is 0 Å². The van der Waals surface area contributed by atoms with Gasteiger partial charge in [0.1, 0.15) is 15.9 Å².